The van der Waals surface area contributed by atoms with E-state index in [2.05, 4.69) is 15.6 Å². The molecule has 160 valence electrons. The van der Waals surface area contributed by atoms with Crippen LogP contribution in [0, 0.1) is 11.7 Å². The summed E-state index contributed by atoms with van der Waals surface area (Å²) in [5.74, 6) is -1.87. The average Bonchev–Trinajstić information content (AvgIpc) is 2.74. The van der Waals surface area contributed by atoms with E-state index in [0.29, 0.717) is 18.5 Å². The first-order chi connectivity index (χ1) is 14.3. The molecule has 10 heteroatoms. The minimum Gasteiger partial charge on any atom is -0.344 e. The summed E-state index contributed by atoms with van der Waals surface area (Å²) >= 11 is 0. The van der Waals surface area contributed by atoms with Gasteiger partial charge in [-0.3, -0.25) is 14.6 Å². The van der Waals surface area contributed by atoms with Gasteiger partial charge in [0, 0.05) is 31.2 Å². The van der Waals surface area contributed by atoms with Crippen LogP contribution in [0.3, 0.4) is 0 Å². The lowest BCUT2D eigenvalue weighted by atomic mass is 9.98. The third-order valence-electron chi connectivity index (χ3n) is 4.91. The molecule has 1 aliphatic rings. The van der Waals surface area contributed by atoms with Crippen molar-refractivity contribution in [2.45, 2.75) is 30.7 Å². The third kappa shape index (κ3) is 5.19. The molecule has 1 fully saturated rings. The molecule has 1 aromatic carbocycles. The van der Waals surface area contributed by atoms with Crippen LogP contribution in [0.1, 0.15) is 19.8 Å². The van der Waals surface area contributed by atoms with Gasteiger partial charge in [-0.2, -0.15) is 4.31 Å². The molecule has 0 bridgehead atoms. The second kappa shape index (κ2) is 9.31. The zero-order valence-electron chi connectivity index (χ0n) is 16.4. The molecule has 0 saturated carbocycles. The van der Waals surface area contributed by atoms with Crippen LogP contribution >= 0.6 is 0 Å². The first-order valence-electron chi connectivity index (χ1n) is 9.54. The summed E-state index contributed by atoms with van der Waals surface area (Å²) in [4.78, 5) is 28.8. The fourth-order valence-electron chi connectivity index (χ4n) is 3.21. The van der Waals surface area contributed by atoms with E-state index in [9.17, 15) is 22.4 Å². The molecule has 2 aromatic rings. The van der Waals surface area contributed by atoms with E-state index >= 15 is 0 Å². The number of carbonyl (C=O) groups excluding carboxylic acids is 2. The fourth-order valence-corrected chi connectivity index (χ4v) is 4.74. The molecule has 8 nitrogen and oxygen atoms in total. The Morgan fingerprint density at radius 3 is 2.50 bits per heavy atom. The van der Waals surface area contributed by atoms with Crippen molar-refractivity contribution in [3.8, 4) is 0 Å². The Hall–Kier alpha value is -2.85. The lowest BCUT2D eigenvalue weighted by Gasteiger charge is -2.31. The van der Waals surface area contributed by atoms with E-state index in [1.807, 2.05) is 0 Å². The number of benzene rings is 1. The number of amides is 2. The molecule has 1 aromatic heterocycles. The number of piperidine rings is 1. The number of pyridine rings is 1. The van der Waals surface area contributed by atoms with Gasteiger partial charge < -0.3 is 10.6 Å². The number of sulfonamides is 1. The van der Waals surface area contributed by atoms with Gasteiger partial charge >= 0.3 is 0 Å². The van der Waals surface area contributed by atoms with E-state index in [-0.39, 0.29) is 29.8 Å². The van der Waals surface area contributed by atoms with Gasteiger partial charge in [0.15, 0.2) is 0 Å². The molecule has 0 aliphatic carbocycles. The fraction of sp³-hybridized carbons (Fsp3) is 0.350. The molecule has 3 rings (SSSR count). The van der Waals surface area contributed by atoms with E-state index in [1.165, 1.54) is 28.8 Å². The van der Waals surface area contributed by atoms with Gasteiger partial charge in [0.25, 0.3) is 0 Å². The molecule has 2 N–H and O–H groups in total. The topological polar surface area (TPSA) is 108 Å². The lowest BCUT2D eigenvalue weighted by molar-refractivity contribution is -0.129. The molecule has 1 saturated heterocycles. The maximum Gasteiger partial charge on any atom is 0.246 e. The van der Waals surface area contributed by atoms with Crippen molar-refractivity contribution in [3.63, 3.8) is 0 Å². The summed E-state index contributed by atoms with van der Waals surface area (Å²) < 4.78 is 39.9. The molecule has 2 atom stereocenters. The molecule has 2 amide bonds. The van der Waals surface area contributed by atoms with Crippen LogP contribution in [-0.2, 0) is 19.6 Å². The highest BCUT2D eigenvalue weighted by Gasteiger charge is 2.34. The summed E-state index contributed by atoms with van der Waals surface area (Å²) in [7, 11) is -3.83. The Bertz CT molecular complexity index is 999. The third-order valence-corrected chi connectivity index (χ3v) is 6.79. The Balaban J connectivity index is 1.61. The number of halogens is 1. The minimum absolute atomic E-state index is 0.00420. The van der Waals surface area contributed by atoms with Gasteiger partial charge in [-0.15, -0.1) is 0 Å². The lowest BCUT2D eigenvalue weighted by Crippen LogP contribution is -2.49. The van der Waals surface area contributed by atoms with Crippen molar-refractivity contribution >= 4 is 27.5 Å². The van der Waals surface area contributed by atoms with Crippen LogP contribution in [0.25, 0.3) is 0 Å². The molecule has 0 radical (unpaired) electrons. The quantitative estimate of drug-likeness (QED) is 0.720. The Kier molecular flexibility index (Phi) is 6.78. The number of aromatic nitrogens is 1. The second-order valence-corrected chi connectivity index (χ2v) is 9.05. The smallest absolute Gasteiger partial charge is 0.246 e. The van der Waals surface area contributed by atoms with Gasteiger partial charge in [-0.05, 0) is 56.2 Å². The largest absolute Gasteiger partial charge is 0.344 e. The van der Waals surface area contributed by atoms with Crippen LogP contribution < -0.4 is 10.6 Å². The Labute approximate surface area is 174 Å². The molecule has 2 heterocycles. The van der Waals surface area contributed by atoms with Crippen LogP contribution in [0.4, 0.5) is 10.1 Å². The van der Waals surface area contributed by atoms with Crippen molar-refractivity contribution in [2.75, 3.05) is 18.4 Å². The summed E-state index contributed by atoms with van der Waals surface area (Å²) in [5.41, 5.74) is 0.560. The number of carbonyl (C=O) groups is 2. The number of hydrogen-bond acceptors (Lipinski definition) is 5. The Morgan fingerprint density at radius 1 is 1.17 bits per heavy atom. The van der Waals surface area contributed by atoms with Crippen LogP contribution in [0.2, 0.25) is 0 Å². The van der Waals surface area contributed by atoms with Crippen LogP contribution in [-0.4, -0.2) is 48.7 Å². The number of nitrogens with one attached hydrogen (secondary N) is 2. The number of anilines is 1. The summed E-state index contributed by atoms with van der Waals surface area (Å²) in [6.07, 6.45) is 4.10. The predicted molar refractivity (Wildman–Crippen MR) is 108 cm³/mol. The van der Waals surface area contributed by atoms with Gasteiger partial charge in [0.1, 0.15) is 11.9 Å². The number of rotatable bonds is 6. The van der Waals surface area contributed by atoms with Gasteiger partial charge in [-0.25, -0.2) is 12.8 Å². The maximum atomic E-state index is 13.1. The predicted octanol–water partition coefficient (Wildman–Crippen LogP) is 1.76. The zero-order valence-corrected chi connectivity index (χ0v) is 17.2. The van der Waals surface area contributed by atoms with E-state index in [4.69, 9.17) is 0 Å². The van der Waals surface area contributed by atoms with Crippen molar-refractivity contribution in [1.29, 1.82) is 0 Å². The van der Waals surface area contributed by atoms with Crippen molar-refractivity contribution in [2.24, 2.45) is 5.92 Å². The molecular formula is C20H23FN4O4S. The monoisotopic (exact) mass is 434 g/mol. The van der Waals surface area contributed by atoms with E-state index in [0.717, 1.165) is 12.1 Å². The molecule has 1 aliphatic heterocycles. The van der Waals surface area contributed by atoms with Gasteiger partial charge in [-0.1, -0.05) is 0 Å². The molecule has 0 spiro atoms. The van der Waals surface area contributed by atoms with E-state index < -0.39 is 27.8 Å². The first kappa shape index (κ1) is 21.8. The van der Waals surface area contributed by atoms with E-state index in [1.54, 1.807) is 19.1 Å². The SMILES string of the molecule is CC(NC(=O)C1CCCN(S(=O)(=O)c2ccc(F)cc2)C1)C(=O)Nc1ccncc1. The number of nitrogens with zero attached hydrogens (tertiary/aromatic N) is 2. The zero-order chi connectivity index (χ0) is 21.7. The Morgan fingerprint density at radius 2 is 1.83 bits per heavy atom. The standard InChI is InChI=1S/C20H23FN4O4S/c1-14(19(26)24-17-8-10-22-11-9-17)23-20(27)15-3-2-12-25(13-15)30(28,29)18-6-4-16(21)5-7-18/h4-11,14-15H,2-3,12-13H2,1H3,(H,23,27)(H,22,24,26). The first-order valence-corrected chi connectivity index (χ1v) is 11.0. The minimum atomic E-state index is -3.83. The number of hydrogen-bond donors (Lipinski definition) is 2. The van der Waals surface area contributed by atoms with Crippen molar-refractivity contribution in [1.82, 2.24) is 14.6 Å². The van der Waals surface area contributed by atoms with Crippen LogP contribution in [0.5, 0.6) is 0 Å². The van der Waals surface area contributed by atoms with Gasteiger partial charge in [0.2, 0.25) is 21.8 Å². The highest BCUT2D eigenvalue weighted by molar-refractivity contribution is 7.89. The molecular weight excluding hydrogens is 411 g/mol. The summed E-state index contributed by atoms with van der Waals surface area (Å²) in [6.45, 7) is 1.84. The second-order valence-electron chi connectivity index (χ2n) is 7.11. The van der Waals surface area contributed by atoms with Gasteiger partial charge in [0.05, 0.1) is 10.8 Å². The molecule has 30 heavy (non-hydrogen) atoms. The highest BCUT2D eigenvalue weighted by atomic mass is 32.2. The van der Waals surface area contributed by atoms with Crippen molar-refractivity contribution in [3.05, 3.63) is 54.6 Å². The van der Waals surface area contributed by atoms with Crippen LogP contribution in [0.15, 0.2) is 53.7 Å². The maximum absolute atomic E-state index is 13.1. The molecule has 2 unspecified atom stereocenters. The van der Waals surface area contributed by atoms with Crippen molar-refractivity contribution < 1.29 is 22.4 Å². The average molecular weight is 434 g/mol. The summed E-state index contributed by atoms with van der Waals surface area (Å²) in [6, 6.07) is 7.06. The normalized spacial score (nSPS) is 18.4. The summed E-state index contributed by atoms with van der Waals surface area (Å²) in [5, 5.41) is 5.33. The highest BCUT2D eigenvalue weighted by Crippen LogP contribution is 2.24.